The normalized spacial score (nSPS) is 28.1. The van der Waals surface area contributed by atoms with Gasteiger partial charge < -0.3 is 44.8 Å². The number of phenolic OH excluding ortho intramolecular Hbond substituents is 2. The molecule has 0 aliphatic carbocycles. The average molecular weight is 575 g/mol. The first-order valence-electron chi connectivity index (χ1n) is 13.9. The molecule has 1 fully saturated rings. The summed E-state index contributed by atoms with van der Waals surface area (Å²) in [5, 5.41) is 62.1. The van der Waals surface area contributed by atoms with Crippen LogP contribution >= 0.6 is 0 Å². The maximum atomic E-state index is 12.5. The Balaban J connectivity index is 1.59. The number of hydrogen-bond acceptors (Lipinski definition) is 10. The molecule has 0 bridgehead atoms. The van der Waals surface area contributed by atoms with Crippen LogP contribution in [0, 0.1) is 5.92 Å². The number of rotatable bonds is 12. The van der Waals surface area contributed by atoms with E-state index >= 15 is 0 Å². The van der Waals surface area contributed by atoms with E-state index in [1.165, 1.54) is 12.1 Å². The number of carbonyl (C=O) groups excluding carboxylic acids is 1. The van der Waals surface area contributed by atoms with Gasteiger partial charge in [0.2, 0.25) is 5.79 Å². The van der Waals surface area contributed by atoms with Gasteiger partial charge in [-0.25, -0.2) is 4.79 Å². The number of aromatic hydroxyl groups is 2. The molecule has 2 aliphatic heterocycles. The van der Waals surface area contributed by atoms with Crippen LogP contribution in [0.15, 0.2) is 60.2 Å². The molecule has 2 aliphatic rings. The lowest BCUT2D eigenvalue weighted by atomic mass is 9.87. The Morgan fingerprint density at radius 2 is 1.95 bits per heavy atom. The van der Waals surface area contributed by atoms with E-state index in [1.54, 1.807) is 12.2 Å². The summed E-state index contributed by atoms with van der Waals surface area (Å²) in [6, 6.07) is 2.37. The fourth-order valence-electron chi connectivity index (χ4n) is 4.82. The fraction of sp³-hybridized carbons (Fsp3) is 0.516. The fourth-order valence-corrected chi connectivity index (χ4v) is 4.82. The van der Waals surface area contributed by atoms with Crippen molar-refractivity contribution in [1.29, 1.82) is 0 Å². The third kappa shape index (κ3) is 7.85. The molecule has 7 atom stereocenters. The Kier molecular flexibility index (Phi) is 11.7. The zero-order valence-corrected chi connectivity index (χ0v) is 23.7. The minimum absolute atomic E-state index is 0.0113. The summed E-state index contributed by atoms with van der Waals surface area (Å²) in [4.78, 5) is 12.5. The Morgan fingerprint density at radius 3 is 2.66 bits per heavy atom. The molecule has 1 saturated heterocycles. The van der Waals surface area contributed by atoms with E-state index in [4.69, 9.17) is 14.2 Å². The van der Waals surface area contributed by atoms with Gasteiger partial charge in [-0.2, -0.15) is 0 Å². The summed E-state index contributed by atoms with van der Waals surface area (Å²) in [5.74, 6) is -2.89. The quantitative estimate of drug-likeness (QED) is 0.124. The number of hydrogen-bond donors (Lipinski definition) is 6. The van der Waals surface area contributed by atoms with Crippen molar-refractivity contribution >= 4 is 5.97 Å². The SMILES string of the molecule is CC[C@H](C)CC/C=C/C=C(\C)[C@@H](O)C/C=C/C=C/C(=O)O[C@H]1[C@H](O)[C@@H](CO)O[C@]2(OCc3cc(O)cc(O)c32)[C@@H]1O. The molecule has 10 nitrogen and oxygen atoms in total. The highest BCUT2D eigenvalue weighted by Gasteiger charge is 2.61. The molecule has 0 aromatic heterocycles. The van der Waals surface area contributed by atoms with Crippen molar-refractivity contribution in [2.24, 2.45) is 5.92 Å². The number of aliphatic hydroxyl groups is 4. The average Bonchev–Trinajstić information content (AvgIpc) is 3.31. The van der Waals surface area contributed by atoms with Gasteiger partial charge >= 0.3 is 5.97 Å². The number of phenols is 2. The summed E-state index contributed by atoms with van der Waals surface area (Å²) in [6.07, 6.45) is 8.32. The van der Waals surface area contributed by atoms with Crippen LogP contribution in [0.3, 0.4) is 0 Å². The summed E-state index contributed by atoms with van der Waals surface area (Å²) >= 11 is 0. The molecule has 2 heterocycles. The molecule has 1 spiro atoms. The predicted octanol–water partition coefficient (Wildman–Crippen LogP) is 3.00. The van der Waals surface area contributed by atoms with Gasteiger partial charge in [0.1, 0.15) is 23.7 Å². The van der Waals surface area contributed by atoms with Crippen molar-refractivity contribution in [2.45, 2.75) is 89.4 Å². The Morgan fingerprint density at radius 1 is 1.20 bits per heavy atom. The molecular weight excluding hydrogens is 532 g/mol. The number of esters is 1. The van der Waals surface area contributed by atoms with Gasteiger partial charge in [-0.15, -0.1) is 0 Å². The van der Waals surface area contributed by atoms with Gasteiger partial charge in [-0.05, 0) is 49.3 Å². The van der Waals surface area contributed by atoms with Gasteiger partial charge in [0.15, 0.2) is 12.2 Å². The van der Waals surface area contributed by atoms with Gasteiger partial charge in [-0.1, -0.05) is 56.7 Å². The van der Waals surface area contributed by atoms with Crippen LogP contribution in [0.4, 0.5) is 0 Å². The van der Waals surface area contributed by atoms with E-state index in [2.05, 4.69) is 19.9 Å². The molecule has 1 aromatic rings. The molecule has 0 radical (unpaired) electrons. The second-order valence-electron chi connectivity index (χ2n) is 10.6. The molecule has 0 amide bonds. The largest absolute Gasteiger partial charge is 0.508 e. The van der Waals surface area contributed by atoms with Gasteiger partial charge in [0.05, 0.1) is 24.9 Å². The van der Waals surface area contributed by atoms with Crippen LogP contribution < -0.4 is 0 Å². The summed E-state index contributed by atoms with van der Waals surface area (Å²) in [7, 11) is 0. The minimum Gasteiger partial charge on any atom is -0.508 e. The highest BCUT2D eigenvalue weighted by Crippen LogP contribution is 2.50. The Bertz CT molecular complexity index is 1160. The number of carbonyl (C=O) groups is 1. The zero-order valence-electron chi connectivity index (χ0n) is 23.7. The molecule has 0 unspecified atom stereocenters. The van der Waals surface area contributed by atoms with Gasteiger partial charge in [0, 0.05) is 12.1 Å². The summed E-state index contributed by atoms with van der Waals surface area (Å²) in [6.45, 7) is 5.40. The van der Waals surface area contributed by atoms with Crippen molar-refractivity contribution in [3.63, 3.8) is 0 Å². The summed E-state index contributed by atoms with van der Waals surface area (Å²) < 4.78 is 16.7. The van der Waals surface area contributed by atoms with Crippen LogP contribution in [-0.4, -0.2) is 73.7 Å². The molecule has 41 heavy (non-hydrogen) atoms. The first kappa shape index (κ1) is 32.5. The topological polar surface area (TPSA) is 166 Å². The van der Waals surface area contributed by atoms with Crippen LogP contribution in [0.2, 0.25) is 0 Å². The first-order chi connectivity index (χ1) is 19.5. The van der Waals surface area contributed by atoms with E-state index in [0.717, 1.165) is 37.0 Å². The smallest absolute Gasteiger partial charge is 0.331 e. The molecule has 1 aromatic carbocycles. The monoisotopic (exact) mass is 574 g/mol. The van der Waals surface area contributed by atoms with Crippen LogP contribution in [-0.2, 0) is 31.4 Å². The highest BCUT2D eigenvalue weighted by molar-refractivity contribution is 5.82. The minimum atomic E-state index is -2.04. The molecule has 10 heteroatoms. The number of fused-ring (bicyclic) bond motifs is 2. The summed E-state index contributed by atoms with van der Waals surface area (Å²) in [5.41, 5.74) is 1.15. The van der Waals surface area contributed by atoms with Crippen molar-refractivity contribution in [3.05, 3.63) is 71.4 Å². The molecule has 6 N–H and O–H groups in total. The van der Waals surface area contributed by atoms with E-state index < -0.39 is 54.6 Å². The van der Waals surface area contributed by atoms with Gasteiger partial charge in [-0.3, -0.25) is 0 Å². The van der Waals surface area contributed by atoms with E-state index in [-0.39, 0.29) is 17.9 Å². The Labute approximate surface area is 240 Å². The number of benzene rings is 1. The van der Waals surface area contributed by atoms with Crippen LogP contribution in [0.25, 0.3) is 0 Å². The maximum Gasteiger partial charge on any atom is 0.331 e. The van der Waals surface area contributed by atoms with Crippen molar-refractivity contribution in [3.8, 4) is 11.5 Å². The lowest BCUT2D eigenvalue weighted by molar-refractivity contribution is -0.369. The molecule has 226 valence electrons. The zero-order chi connectivity index (χ0) is 30.2. The van der Waals surface area contributed by atoms with Crippen molar-refractivity contribution in [2.75, 3.05) is 6.61 Å². The first-order valence-corrected chi connectivity index (χ1v) is 13.9. The van der Waals surface area contributed by atoms with E-state index in [0.29, 0.717) is 17.9 Å². The lowest BCUT2D eigenvalue weighted by Crippen LogP contribution is -2.64. The van der Waals surface area contributed by atoms with Crippen LogP contribution in [0.1, 0.15) is 57.6 Å². The number of allylic oxidation sites excluding steroid dienone is 5. The van der Waals surface area contributed by atoms with Crippen molar-refractivity contribution in [1.82, 2.24) is 0 Å². The highest BCUT2D eigenvalue weighted by atomic mass is 16.7. The van der Waals surface area contributed by atoms with Crippen LogP contribution in [0.5, 0.6) is 11.5 Å². The molecule has 0 saturated carbocycles. The second-order valence-corrected chi connectivity index (χ2v) is 10.6. The Hall–Kier alpha value is -2.99. The van der Waals surface area contributed by atoms with E-state index in [9.17, 15) is 35.4 Å². The molecular formula is C31H42O10. The number of ether oxygens (including phenoxy) is 3. The van der Waals surface area contributed by atoms with E-state index in [1.807, 2.05) is 19.1 Å². The van der Waals surface area contributed by atoms with Gasteiger partial charge in [0.25, 0.3) is 0 Å². The standard InChI is InChI=1S/C31H42O10/c1-4-19(2)11-7-5-8-12-20(3)23(34)13-9-6-10-14-26(36)40-29-28(37)25(17-32)41-31(30(29)38)27-21(18-39-31)15-22(33)16-24(27)35/h5-6,8-10,12,14-16,19,23,25,28-30,32-35,37-38H,4,7,11,13,17-18H2,1-3H3/b8-5+,9-6+,14-10+,20-12+/t19-,23-,25+,28+,29-,30+,31-/m0/s1. The third-order valence-corrected chi connectivity index (χ3v) is 7.53. The molecule has 3 rings (SSSR count). The second kappa shape index (κ2) is 14.8. The van der Waals surface area contributed by atoms with Crippen molar-refractivity contribution < 1.29 is 49.6 Å². The lowest BCUT2D eigenvalue weighted by Gasteiger charge is -2.47. The maximum absolute atomic E-state index is 12.5. The number of aliphatic hydroxyl groups excluding tert-OH is 4. The third-order valence-electron chi connectivity index (χ3n) is 7.53. The predicted molar refractivity (Wildman–Crippen MR) is 151 cm³/mol.